The van der Waals surface area contributed by atoms with Crippen LogP contribution in [-0.2, 0) is 11.2 Å². The lowest BCUT2D eigenvalue weighted by Gasteiger charge is -2.32. The molecule has 0 amide bonds. The third kappa shape index (κ3) is 6.04. The predicted octanol–water partition coefficient (Wildman–Crippen LogP) is 4.27. The molecule has 2 saturated heterocycles. The van der Waals surface area contributed by atoms with Gasteiger partial charge in [0.05, 0.1) is 13.2 Å². The molecule has 188 valence electrons. The fraction of sp³-hybridized carbons (Fsp3) is 0.379. The van der Waals surface area contributed by atoms with Crippen LogP contribution in [0, 0.1) is 5.92 Å². The first-order chi connectivity index (χ1) is 17.7. The minimum Gasteiger partial charge on any atom is -0.387 e. The van der Waals surface area contributed by atoms with Gasteiger partial charge in [0.25, 0.3) is 0 Å². The molecule has 2 aliphatic heterocycles. The summed E-state index contributed by atoms with van der Waals surface area (Å²) in [6.45, 7) is 10.7. The number of nitrogens with two attached hydrogens (primary N) is 1. The Morgan fingerprint density at radius 1 is 1.14 bits per heavy atom. The zero-order valence-corrected chi connectivity index (χ0v) is 20.9. The average molecular weight is 485 g/mol. The average Bonchev–Trinajstić information content (AvgIpc) is 2.93. The van der Waals surface area contributed by atoms with Crippen molar-refractivity contribution in [3.63, 3.8) is 0 Å². The number of ether oxygens (including phenoxy) is 1. The van der Waals surface area contributed by atoms with Crippen LogP contribution in [-0.4, -0.2) is 61.7 Å². The van der Waals surface area contributed by atoms with Gasteiger partial charge in [0.2, 0.25) is 0 Å². The molecule has 7 heteroatoms. The minimum absolute atomic E-state index is 0.244. The molecular formula is C29H36N6O. The number of morpholine rings is 1. The second kappa shape index (κ2) is 11.5. The van der Waals surface area contributed by atoms with Crippen LogP contribution >= 0.6 is 0 Å². The van der Waals surface area contributed by atoms with Crippen molar-refractivity contribution in [1.82, 2.24) is 9.88 Å². The lowest BCUT2D eigenvalue weighted by Crippen LogP contribution is -2.42. The highest BCUT2D eigenvalue weighted by atomic mass is 16.5. The summed E-state index contributed by atoms with van der Waals surface area (Å²) in [5, 5.41) is 5.49. The number of anilines is 2. The highest BCUT2D eigenvalue weighted by Gasteiger charge is 2.23. The van der Waals surface area contributed by atoms with Gasteiger partial charge >= 0.3 is 0 Å². The van der Waals surface area contributed by atoms with Gasteiger partial charge < -0.3 is 25.6 Å². The van der Waals surface area contributed by atoms with E-state index in [0.717, 1.165) is 81.7 Å². The van der Waals surface area contributed by atoms with Crippen molar-refractivity contribution in [2.75, 3.05) is 56.2 Å². The first-order valence-electron chi connectivity index (χ1n) is 12.9. The largest absolute Gasteiger partial charge is 0.387 e. The van der Waals surface area contributed by atoms with Gasteiger partial charge in [0, 0.05) is 66.6 Å². The first kappa shape index (κ1) is 24.3. The van der Waals surface area contributed by atoms with Crippen LogP contribution in [0.1, 0.15) is 18.4 Å². The van der Waals surface area contributed by atoms with E-state index in [4.69, 9.17) is 10.5 Å². The number of piperidine rings is 1. The SMILES string of the molecule is C=C(/N=C(\N)C1CCCN(CCc2cccc(N3CCOCC3)c2)C1)Nc1cccc2cnccc12. The molecule has 0 saturated carbocycles. The summed E-state index contributed by atoms with van der Waals surface area (Å²) < 4.78 is 5.50. The zero-order valence-electron chi connectivity index (χ0n) is 20.9. The summed E-state index contributed by atoms with van der Waals surface area (Å²) in [5.74, 6) is 1.47. The van der Waals surface area contributed by atoms with Gasteiger partial charge in [0.15, 0.2) is 0 Å². The van der Waals surface area contributed by atoms with E-state index in [1.54, 1.807) is 6.20 Å². The maximum Gasteiger partial charge on any atom is 0.125 e. The molecule has 2 aromatic carbocycles. The van der Waals surface area contributed by atoms with Gasteiger partial charge in [-0.3, -0.25) is 4.98 Å². The van der Waals surface area contributed by atoms with Gasteiger partial charge in [0.1, 0.15) is 11.7 Å². The number of fused-ring (bicyclic) bond motifs is 1. The second-order valence-corrected chi connectivity index (χ2v) is 9.67. The minimum atomic E-state index is 0.244. The molecule has 2 fully saturated rings. The maximum absolute atomic E-state index is 6.48. The summed E-state index contributed by atoms with van der Waals surface area (Å²) in [6.07, 6.45) is 6.88. The van der Waals surface area contributed by atoms with Gasteiger partial charge in [-0.25, -0.2) is 4.99 Å². The molecule has 36 heavy (non-hydrogen) atoms. The van der Waals surface area contributed by atoms with Crippen molar-refractivity contribution in [1.29, 1.82) is 0 Å². The van der Waals surface area contributed by atoms with Crippen LogP contribution in [0.3, 0.4) is 0 Å². The summed E-state index contributed by atoms with van der Waals surface area (Å²) in [7, 11) is 0. The van der Waals surface area contributed by atoms with Crippen molar-refractivity contribution in [3.8, 4) is 0 Å². The molecule has 5 rings (SSSR count). The zero-order chi connectivity index (χ0) is 24.7. The fourth-order valence-corrected chi connectivity index (χ4v) is 5.18. The van der Waals surface area contributed by atoms with Crippen molar-refractivity contribution >= 4 is 28.0 Å². The van der Waals surface area contributed by atoms with Crippen LogP contribution in [0.2, 0.25) is 0 Å². The Labute approximate surface area is 213 Å². The van der Waals surface area contributed by atoms with Crippen molar-refractivity contribution in [2.45, 2.75) is 19.3 Å². The number of hydrogen-bond donors (Lipinski definition) is 2. The van der Waals surface area contributed by atoms with Crippen LogP contribution in [0.5, 0.6) is 0 Å². The van der Waals surface area contributed by atoms with E-state index in [-0.39, 0.29) is 5.92 Å². The Morgan fingerprint density at radius 2 is 2.00 bits per heavy atom. The van der Waals surface area contributed by atoms with E-state index in [9.17, 15) is 0 Å². The molecular weight excluding hydrogens is 448 g/mol. The number of likely N-dealkylation sites (tertiary alicyclic amines) is 1. The highest BCUT2D eigenvalue weighted by molar-refractivity contribution is 5.94. The molecule has 7 nitrogen and oxygen atoms in total. The molecule has 0 bridgehead atoms. The van der Waals surface area contributed by atoms with Crippen LogP contribution < -0.4 is 16.0 Å². The van der Waals surface area contributed by atoms with Crippen LogP contribution in [0.15, 0.2) is 78.3 Å². The third-order valence-electron chi connectivity index (χ3n) is 7.15. The summed E-state index contributed by atoms with van der Waals surface area (Å²) >= 11 is 0. The van der Waals surface area contributed by atoms with E-state index in [0.29, 0.717) is 11.7 Å². The Bertz CT molecular complexity index is 1210. The molecule has 0 radical (unpaired) electrons. The van der Waals surface area contributed by atoms with Gasteiger partial charge in [-0.15, -0.1) is 0 Å². The van der Waals surface area contributed by atoms with Crippen molar-refractivity contribution in [3.05, 3.63) is 78.9 Å². The van der Waals surface area contributed by atoms with Gasteiger partial charge in [-0.1, -0.05) is 30.8 Å². The third-order valence-corrected chi connectivity index (χ3v) is 7.15. The number of amidine groups is 1. The number of rotatable bonds is 8. The lowest BCUT2D eigenvalue weighted by atomic mass is 9.96. The molecule has 0 aliphatic carbocycles. The standard InChI is InChI=1S/C29H36N6O/c1-22(32-28-9-3-6-24-20-31-12-10-27(24)28)33-29(30)25-7-4-13-34(21-25)14-11-23-5-2-8-26(19-23)35-15-17-36-18-16-35/h2-3,5-6,8-10,12,19-20,25,32H,1,4,7,11,13-18,21H2,(H2,30,33). The monoisotopic (exact) mass is 484 g/mol. The quantitative estimate of drug-likeness (QED) is 0.367. The van der Waals surface area contributed by atoms with Crippen LogP contribution in [0.25, 0.3) is 10.8 Å². The van der Waals surface area contributed by atoms with E-state index in [1.807, 2.05) is 30.5 Å². The smallest absolute Gasteiger partial charge is 0.125 e. The number of nitrogens with zero attached hydrogens (tertiary/aromatic N) is 4. The van der Waals surface area contributed by atoms with Gasteiger partial charge in [-0.05, 0) is 55.6 Å². The fourth-order valence-electron chi connectivity index (χ4n) is 5.18. The van der Waals surface area contributed by atoms with E-state index in [1.165, 1.54) is 11.3 Å². The lowest BCUT2D eigenvalue weighted by molar-refractivity contribution is 0.122. The van der Waals surface area contributed by atoms with E-state index < -0.39 is 0 Å². The predicted molar refractivity (Wildman–Crippen MR) is 148 cm³/mol. The Morgan fingerprint density at radius 3 is 2.89 bits per heavy atom. The van der Waals surface area contributed by atoms with Gasteiger partial charge in [-0.2, -0.15) is 0 Å². The summed E-state index contributed by atoms with van der Waals surface area (Å²) in [4.78, 5) is 13.8. The number of hydrogen-bond acceptors (Lipinski definition) is 6. The first-order valence-corrected chi connectivity index (χ1v) is 12.9. The molecule has 0 spiro atoms. The number of nitrogens with one attached hydrogen (secondary N) is 1. The van der Waals surface area contributed by atoms with Crippen molar-refractivity contribution in [2.24, 2.45) is 16.6 Å². The maximum atomic E-state index is 6.48. The molecule has 3 aromatic rings. The number of benzene rings is 2. The topological polar surface area (TPSA) is 79.0 Å². The highest BCUT2D eigenvalue weighted by Crippen LogP contribution is 2.24. The summed E-state index contributed by atoms with van der Waals surface area (Å²) in [5.41, 5.74) is 10.1. The Hall–Kier alpha value is -3.42. The Balaban J connectivity index is 1.16. The molecule has 2 aliphatic rings. The van der Waals surface area contributed by atoms with Crippen LogP contribution in [0.4, 0.5) is 11.4 Å². The van der Waals surface area contributed by atoms with Crippen molar-refractivity contribution < 1.29 is 4.74 Å². The molecule has 3 heterocycles. The molecule has 1 unspecified atom stereocenters. The van der Waals surface area contributed by atoms with E-state index >= 15 is 0 Å². The molecule has 1 atom stereocenters. The number of aromatic nitrogens is 1. The molecule has 1 aromatic heterocycles. The number of pyridine rings is 1. The number of aliphatic imine (C=N–C) groups is 1. The normalized spacial score (nSPS) is 19.4. The molecule has 3 N–H and O–H groups in total. The Kier molecular flexibility index (Phi) is 7.79. The van der Waals surface area contributed by atoms with E-state index in [2.05, 4.69) is 55.9 Å². The second-order valence-electron chi connectivity index (χ2n) is 9.67. The summed E-state index contributed by atoms with van der Waals surface area (Å²) in [6, 6.07) is 17.0.